The van der Waals surface area contributed by atoms with E-state index in [0.29, 0.717) is 24.2 Å². The van der Waals surface area contributed by atoms with Crippen molar-refractivity contribution < 1.29 is 8.42 Å². The van der Waals surface area contributed by atoms with Gasteiger partial charge in [0.25, 0.3) is 0 Å². The summed E-state index contributed by atoms with van der Waals surface area (Å²) in [6.07, 6.45) is 1.45. The van der Waals surface area contributed by atoms with E-state index in [4.69, 9.17) is 0 Å². The maximum atomic E-state index is 13.4. The third-order valence-corrected chi connectivity index (χ3v) is 7.08. The zero-order chi connectivity index (χ0) is 17.6. The van der Waals surface area contributed by atoms with Crippen LogP contribution >= 0.6 is 15.9 Å². The number of halogens is 1. The van der Waals surface area contributed by atoms with Gasteiger partial charge in [-0.05, 0) is 44.2 Å². The van der Waals surface area contributed by atoms with Crippen LogP contribution in [0.4, 0.5) is 0 Å². The van der Waals surface area contributed by atoms with Crippen LogP contribution < -0.4 is 0 Å². The first-order valence-corrected chi connectivity index (χ1v) is 10.4. The molecule has 128 valence electrons. The van der Waals surface area contributed by atoms with Crippen molar-refractivity contribution in [2.75, 3.05) is 5.33 Å². The van der Waals surface area contributed by atoms with Crippen molar-refractivity contribution in [2.45, 2.75) is 36.0 Å². The molecule has 0 aliphatic carbocycles. The number of alkyl halides is 1. The largest absolute Gasteiger partial charge is 0.277 e. The Morgan fingerprint density at radius 1 is 1.08 bits per heavy atom. The van der Waals surface area contributed by atoms with Crippen LogP contribution in [-0.2, 0) is 16.3 Å². The minimum Gasteiger partial charge on any atom is -0.277 e. The van der Waals surface area contributed by atoms with Gasteiger partial charge in [-0.25, -0.2) is 8.42 Å². The molecule has 0 heterocycles. The van der Waals surface area contributed by atoms with E-state index in [2.05, 4.69) is 27.6 Å². The molecule has 1 atom stereocenters. The number of benzene rings is 2. The second kappa shape index (κ2) is 8.08. The Kier molecular flexibility index (Phi) is 6.35. The Hall–Kier alpha value is -1.46. The van der Waals surface area contributed by atoms with E-state index in [0.717, 1.165) is 16.5 Å². The summed E-state index contributed by atoms with van der Waals surface area (Å²) in [5, 5.41) is 0.725. The monoisotopic (exact) mass is 407 g/mol. The standard InChI is InChI=1S/C19H22BrNO2S/c1-16-9-11-18(12-10-16)24(22,23)19(21-2,13-6-14-20)15-17-7-4-3-5-8-17/h3-5,7-12H,2,6,13-15H2,1H3. The predicted octanol–water partition coefficient (Wildman–Crippen LogP) is 4.58. The average molecular weight is 408 g/mol. The second-order valence-corrected chi connectivity index (χ2v) is 8.91. The molecule has 0 saturated carbocycles. The molecule has 2 rings (SSSR count). The van der Waals surface area contributed by atoms with Gasteiger partial charge in [-0.2, -0.15) is 0 Å². The fraction of sp³-hybridized carbons (Fsp3) is 0.316. The smallest absolute Gasteiger partial charge is 0.204 e. The number of nitrogens with zero attached hydrogens (tertiary/aromatic N) is 1. The lowest BCUT2D eigenvalue weighted by molar-refractivity contribution is 0.486. The fourth-order valence-electron chi connectivity index (χ4n) is 2.73. The maximum Gasteiger partial charge on any atom is 0.204 e. The first kappa shape index (κ1) is 18.9. The van der Waals surface area contributed by atoms with Crippen molar-refractivity contribution in [1.82, 2.24) is 0 Å². The minimum absolute atomic E-state index is 0.297. The minimum atomic E-state index is -3.65. The van der Waals surface area contributed by atoms with Crippen LogP contribution in [0, 0.1) is 6.92 Å². The summed E-state index contributed by atoms with van der Waals surface area (Å²) < 4.78 is 26.7. The third kappa shape index (κ3) is 3.95. The van der Waals surface area contributed by atoms with Gasteiger partial charge in [0.1, 0.15) is 0 Å². The van der Waals surface area contributed by atoms with Crippen molar-refractivity contribution in [3.63, 3.8) is 0 Å². The van der Waals surface area contributed by atoms with Crippen LogP contribution in [0.25, 0.3) is 0 Å². The summed E-state index contributed by atoms with van der Waals surface area (Å²) >= 11 is 3.39. The van der Waals surface area contributed by atoms with Gasteiger partial charge in [0, 0.05) is 11.8 Å². The maximum absolute atomic E-state index is 13.4. The average Bonchev–Trinajstić information content (AvgIpc) is 2.59. The molecule has 2 aromatic rings. The lowest BCUT2D eigenvalue weighted by atomic mass is 10.0. The Bertz CT molecular complexity index is 773. The van der Waals surface area contributed by atoms with Gasteiger partial charge in [0.05, 0.1) is 4.90 Å². The highest BCUT2D eigenvalue weighted by Gasteiger charge is 2.43. The van der Waals surface area contributed by atoms with Gasteiger partial charge in [0.2, 0.25) is 9.84 Å². The van der Waals surface area contributed by atoms with E-state index < -0.39 is 14.7 Å². The molecular weight excluding hydrogens is 386 g/mol. The van der Waals surface area contributed by atoms with Gasteiger partial charge >= 0.3 is 0 Å². The Balaban J connectivity index is 2.51. The number of hydrogen-bond acceptors (Lipinski definition) is 3. The molecular formula is C19H22BrNO2S. The summed E-state index contributed by atoms with van der Waals surface area (Å²) in [6.45, 7) is 5.58. The number of hydrogen-bond donors (Lipinski definition) is 0. The van der Waals surface area contributed by atoms with Crippen molar-refractivity contribution in [2.24, 2.45) is 4.99 Å². The molecule has 0 bridgehead atoms. The second-order valence-electron chi connectivity index (χ2n) is 5.88. The molecule has 0 aliphatic rings. The van der Waals surface area contributed by atoms with Gasteiger partial charge in [-0.1, -0.05) is 64.0 Å². The van der Waals surface area contributed by atoms with E-state index in [-0.39, 0.29) is 0 Å². The molecule has 1 unspecified atom stereocenters. The highest BCUT2D eigenvalue weighted by molar-refractivity contribution is 9.09. The number of aryl methyl sites for hydroxylation is 1. The number of rotatable bonds is 8. The summed E-state index contributed by atoms with van der Waals surface area (Å²) in [7, 11) is -3.65. The molecule has 0 aromatic heterocycles. The van der Waals surface area contributed by atoms with Crippen LogP contribution in [-0.4, -0.2) is 25.3 Å². The van der Waals surface area contributed by atoms with E-state index in [1.165, 1.54) is 0 Å². The van der Waals surface area contributed by atoms with Crippen LogP contribution in [0.1, 0.15) is 24.0 Å². The Labute approximate surface area is 152 Å². The summed E-state index contributed by atoms with van der Waals surface area (Å²) in [4.78, 5) is 3.21. The lowest BCUT2D eigenvalue weighted by Crippen LogP contribution is -2.39. The predicted molar refractivity (Wildman–Crippen MR) is 104 cm³/mol. The fourth-order valence-corrected chi connectivity index (χ4v) is 4.89. The first-order valence-electron chi connectivity index (χ1n) is 7.84. The molecule has 0 fully saturated rings. The van der Waals surface area contributed by atoms with Crippen LogP contribution in [0.2, 0.25) is 0 Å². The summed E-state index contributed by atoms with van der Waals surface area (Å²) in [5.74, 6) is 0. The summed E-state index contributed by atoms with van der Waals surface area (Å²) in [6, 6.07) is 16.5. The van der Waals surface area contributed by atoms with Gasteiger partial charge in [-0.15, -0.1) is 0 Å². The van der Waals surface area contributed by atoms with E-state index in [9.17, 15) is 8.42 Å². The topological polar surface area (TPSA) is 46.5 Å². The van der Waals surface area contributed by atoms with E-state index >= 15 is 0 Å². The highest BCUT2D eigenvalue weighted by Crippen LogP contribution is 2.35. The van der Waals surface area contributed by atoms with Gasteiger partial charge in [0.15, 0.2) is 4.87 Å². The molecule has 5 heteroatoms. The van der Waals surface area contributed by atoms with Gasteiger partial charge in [-0.3, -0.25) is 4.99 Å². The quantitative estimate of drug-likeness (QED) is 0.474. The summed E-state index contributed by atoms with van der Waals surface area (Å²) in [5.41, 5.74) is 1.96. The number of sulfone groups is 1. The molecule has 0 amide bonds. The van der Waals surface area contributed by atoms with E-state index in [1.807, 2.05) is 49.4 Å². The highest BCUT2D eigenvalue weighted by atomic mass is 79.9. The zero-order valence-electron chi connectivity index (χ0n) is 13.8. The molecule has 3 nitrogen and oxygen atoms in total. The first-order chi connectivity index (χ1) is 11.4. The molecule has 0 aliphatic heterocycles. The van der Waals surface area contributed by atoms with Crippen molar-refractivity contribution in [1.29, 1.82) is 0 Å². The van der Waals surface area contributed by atoms with E-state index in [1.54, 1.807) is 12.1 Å². The zero-order valence-corrected chi connectivity index (χ0v) is 16.2. The normalized spacial score (nSPS) is 14.1. The van der Waals surface area contributed by atoms with Crippen molar-refractivity contribution >= 4 is 32.5 Å². The number of aliphatic imine (C=N–C) groups is 1. The Morgan fingerprint density at radius 3 is 2.25 bits per heavy atom. The third-order valence-electron chi connectivity index (χ3n) is 4.14. The molecule has 2 aromatic carbocycles. The van der Waals surface area contributed by atoms with Crippen molar-refractivity contribution in [3.8, 4) is 0 Å². The lowest BCUT2D eigenvalue weighted by Gasteiger charge is -2.29. The molecule has 0 radical (unpaired) electrons. The van der Waals surface area contributed by atoms with Crippen LogP contribution in [0.5, 0.6) is 0 Å². The molecule has 0 spiro atoms. The molecule has 0 N–H and O–H groups in total. The SMILES string of the molecule is C=NC(CCCBr)(Cc1ccccc1)S(=O)(=O)c1ccc(C)cc1. The van der Waals surface area contributed by atoms with Crippen LogP contribution in [0.3, 0.4) is 0 Å². The van der Waals surface area contributed by atoms with Crippen molar-refractivity contribution in [3.05, 3.63) is 65.7 Å². The molecule has 24 heavy (non-hydrogen) atoms. The Morgan fingerprint density at radius 2 is 1.71 bits per heavy atom. The molecule has 0 saturated heterocycles. The van der Waals surface area contributed by atoms with Gasteiger partial charge < -0.3 is 0 Å². The van der Waals surface area contributed by atoms with Crippen LogP contribution in [0.15, 0.2) is 64.5 Å².